The molecule has 1 N–H and O–H groups in total. The van der Waals surface area contributed by atoms with E-state index >= 15 is 0 Å². The molecule has 20 heavy (non-hydrogen) atoms. The van der Waals surface area contributed by atoms with Gasteiger partial charge in [-0.15, -0.1) is 0 Å². The van der Waals surface area contributed by atoms with E-state index in [0.717, 1.165) is 24.1 Å². The molecule has 1 aromatic carbocycles. The lowest BCUT2D eigenvalue weighted by Gasteiger charge is -2.23. The van der Waals surface area contributed by atoms with Crippen LogP contribution in [0.25, 0.3) is 0 Å². The summed E-state index contributed by atoms with van der Waals surface area (Å²) < 4.78 is 1.16. The third-order valence-corrected chi connectivity index (χ3v) is 3.91. The molecule has 3 heteroatoms. The van der Waals surface area contributed by atoms with Gasteiger partial charge in [-0.05, 0) is 42.6 Å². The van der Waals surface area contributed by atoms with Crippen LogP contribution in [-0.2, 0) is 6.54 Å². The molecule has 0 bridgehead atoms. The number of benzene rings is 1. The number of unbranched alkanes of at least 4 members (excludes halogenated alkanes) is 2. The molecule has 0 aliphatic heterocycles. The fourth-order valence-corrected chi connectivity index (χ4v) is 2.69. The molecule has 0 aliphatic carbocycles. The second-order valence-electron chi connectivity index (χ2n) is 5.93. The first-order valence-corrected chi connectivity index (χ1v) is 8.54. The topological polar surface area (TPSA) is 15.3 Å². The van der Waals surface area contributed by atoms with E-state index in [4.69, 9.17) is 0 Å². The maximum Gasteiger partial charge on any atom is 0.0410 e. The second-order valence-corrected chi connectivity index (χ2v) is 6.84. The molecule has 0 spiro atoms. The zero-order chi connectivity index (χ0) is 15.0. The first-order valence-electron chi connectivity index (χ1n) is 7.74. The van der Waals surface area contributed by atoms with Crippen molar-refractivity contribution >= 4 is 21.6 Å². The Hall–Kier alpha value is -0.540. The number of hydrogen-bond acceptors (Lipinski definition) is 2. The van der Waals surface area contributed by atoms with Crippen molar-refractivity contribution in [2.24, 2.45) is 5.92 Å². The van der Waals surface area contributed by atoms with Gasteiger partial charge in [0.15, 0.2) is 0 Å². The largest absolute Gasteiger partial charge is 0.374 e. The van der Waals surface area contributed by atoms with E-state index in [2.05, 4.69) is 72.2 Å². The van der Waals surface area contributed by atoms with Gasteiger partial charge in [-0.3, -0.25) is 0 Å². The maximum atomic E-state index is 3.58. The Bertz CT molecular complexity index is 391. The highest BCUT2D eigenvalue weighted by atomic mass is 79.9. The van der Waals surface area contributed by atoms with Crippen molar-refractivity contribution < 1.29 is 0 Å². The van der Waals surface area contributed by atoms with Gasteiger partial charge >= 0.3 is 0 Å². The molecule has 0 saturated carbocycles. The molecule has 0 unspecified atom stereocenters. The second kappa shape index (κ2) is 9.41. The van der Waals surface area contributed by atoms with Crippen molar-refractivity contribution in [3.63, 3.8) is 0 Å². The first kappa shape index (κ1) is 17.5. The summed E-state index contributed by atoms with van der Waals surface area (Å²) in [6.07, 6.45) is 3.85. The third kappa shape index (κ3) is 6.27. The van der Waals surface area contributed by atoms with Crippen LogP contribution >= 0.6 is 15.9 Å². The maximum absolute atomic E-state index is 3.58. The van der Waals surface area contributed by atoms with Crippen LogP contribution < -0.4 is 10.2 Å². The quantitative estimate of drug-likeness (QED) is 0.648. The lowest BCUT2D eigenvalue weighted by Crippen LogP contribution is -2.23. The zero-order valence-electron chi connectivity index (χ0n) is 13.4. The molecule has 0 heterocycles. The molecule has 2 nitrogen and oxygen atoms in total. The summed E-state index contributed by atoms with van der Waals surface area (Å²) in [6, 6.07) is 6.60. The molecule has 0 aromatic heterocycles. The van der Waals surface area contributed by atoms with Gasteiger partial charge in [0, 0.05) is 30.3 Å². The van der Waals surface area contributed by atoms with Gasteiger partial charge in [-0.25, -0.2) is 0 Å². The van der Waals surface area contributed by atoms with Gasteiger partial charge in [0.2, 0.25) is 0 Å². The number of anilines is 1. The van der Waals surface area contributed by atoms with E-state index < -0.39 is 0 Å². The smallest absolute Gasteiger partial charge is 0.0410 e. The molecule has 1 aromatic rings. The molecule has 0 aliphatic rings. The lowest BCUT2D eigenvalue weighted by atomic mass is 10.1. The predicted molar refractivity (Wildman–Crippen MR) is 93.5 cm³/mol. The van der Waals surface area contributed by atoms with Crippen molar-refractivity contribution in [3.05, 3.63) is 28.2 Å². The Kier molecular flexibility index (Phi) is 8.24. The number of nitrogens with one attached hydrogen (secondary N) is 1. The highest BCUT2D eigenvalue weighted by molar-refractivity contribution is 9.10. The van der Waals surface area contributed by atoms with Gasteiger partial charge in [-0.2, -0.15) is 0 Å². The van der Waals surface area contributed by atoms with Crippen molar-refractivity contribution in [2.75, 3.05) is 25.0 Å². The standard InChI is InChI=1S/C17H29BrN2/c1-5-6-7-10-20(4)17-9-8-16(18)11-15(17)13-19-12-14(2)3/h8-9,11,14,19H,5-7,10,12-13H2,1-4H3. The SMILES string of the molecule is CCCCCN(C)c1ccc(Br)cc1CNCC(C)C. The van der Waals surface area contributed by atoms with Crippen LogP contribution in [-0.4, -0.2) is 20.1 Å². The Morgan fingerprint density at radius 1 is 1.25 bits per heavy atom. The normalized spacial score (nSPS) is 11.1. The minimum Gasteiger partial charge on any atom is -0.374 e. The van der Waals surface area contributed by atoms with Gasteiger partial charge in [0.25, 0.3) is 0 Å². The van der Waals surface area contributed by atoms with Gasteiger partial charge in [0.1, 0.15) is 0 Å². The highest BCUT2D eigenvalue weighted by Gasteiger charge is 2.08. The molecular weight excluding hydrogens is 312 g/mol. The van der Waals surface area contributed by atoms with Crippen molar-refractivity contribution in [1.29, 1.82) is 0 Å². The number of hydrogen-bond donors (Lipinski definition) is 1. The van der Waals surface area contributed by atoms with Gasteiger partial charge in [-0.1, -0.05) is 49.5 Å². The monoisotopic (exact) mass is 340 g/mol. The van der Waals surface area contributed by atoms with Crippen LogP contribution in [0, 0.1) is 5.92 Å². The molecule has 0 atom stereocenters. The minimum absolute atomic E-state index is 0.688. The van der Waals surface area contributed by atoms with E-state index in [9.17, 15) is 0 Å². The summed E-state index contributed by atoms with van der Waals surface area (Å²) >= 11 is 3.58. The minimum atomic E-state index is 0.688. The summed E-state index contributed by atoms with van der Waals surface area (Å²) in [6.45, 7) is 9.86. The molecule has 0 amide bonds. The average Bonchev–Trinajstić information content (AvgIpc) is 2.38. The molecule has 1 rings (SSSR count). The fraction of sp³-hybridized carbons (Fsp3) is 0.647. The van der Waals surface area contributed by atoms with Crippen molar-refractivity contribution in [2.45, 2.75) is 46.6 Å². The molecule has 0 radical (unpaired) electrons. The number of nitrogens with zero attached hydrogens (tertiary/aromatic N) is 1. The van der Waals surface area contributed by atoms with Crippen LogP contribution in [0.2, 0.25) is 0 Å². The summed E-state index contributed by atoms with van der Waals surface area (Å²) in [5.74, 6) is 0.688. The van der Waals surface area contributed by atoms with E-state index in [-0.39, 0.29) is 0 Å². The lowest BCUT2D eigenvalue weighted by molar-refractivity contribution is 0.552. The van der Waals surface area contributed by atoms with Crippen LogP contribution in [0.3, 0.4) is 0 Å². The van der Waals surface area contributed by atoms with Crippen LogP contribution in [0.15, 0.2) is 22.7 Å². The molecular formula is C17H29BrN2. The fourth-order valence-electron chi connectivity index (χ4n) is 2.28. The Morgan fingerprint density at radius 2 is 2.00 bits per heavy atom. The highest BCUT2D eigenvalue weighted by Crippen LogP contribution is 2.24. The number of rotatable bonds is 9. The first-order chi connectivity index (χ1) is 9.54. The summed E-state index contributed by atoms with van der Waals surface area (Å²) in [5, 5.41) is 3.54. The van der Waals surface area contributed by atoms with E-state index in [1.807, 2.05) is 0 Å². The van der Waals surface area contributed by atoms with Crippen LogP contribution in [0.4, 0.5) is 5.69 Å². The third-order valence-electron chi connectivity index (χ3n) is 3.42. The van der Waals surface area contributed by atoms with E-state index in [1.165, 1.54) is 30.5 Å². The van der Waals surface area contributed by atoms with Crippen LogP contribution in [0.5, 0.6) is 0 Å². The van der Waals surface area contributed by atoms with Crippen molar-refractivity contribution in [1.82, 2.24) is 5.32 Å². The number of halogens is 1. The van der Waals surface area contributed by atoms with Crippen molar-refractivity contribution in [3.8, 4) is 0 Å². The van der Waals surface area contributed by atoms with Gasteiger partial charge in [0.05, 0.1) is 0 Å². The molecule has 0 saturated heterocycles. The zero-order valence-corrected chi connectivity index (χ0v) is 15.0. The van der Waals surface area contributed by atoms with Gasteiger partial charge < -0.3 is 10.2 Å². The Balaban J connectivity index is 2.68. The molecule has 114 valence electrons. The Labute approximate surface area is 133 Å². The van der Waals surface area contributed by atoms with Crippen LogP contribution in [0.1, 0.15) is 45.6 Å². The summed E-state index contributed by atoms with van der Waals surface area (Å²) in [7, 11) is 2.20. The summed E-state index contributed by atoms with van der Waals surface area (Å²) in [5.41, 5.74) is 2.72. The molecule has 0 fully saturated rings. The van der Waals surface area contributed by atoms with E-state index in [1.54, 1.807) is 0 Å². The average molecular weight is 341 g/mol. The summed E-state index contributed by atoms with van der Waals surface area (Å²) in [4.78, 5) is 2.38. The Morgan fingerprint density at radius 3 is 2.65 bits per heavy atom. The van der Waals surface area contributed by atoms with E-state index in [0.29, 0.717) is 5.92 Å². The predicted octanol–water partition coefficient (Wildman–Crippen LogP) is 4.82.